The van der Waals surface area contributed by atoms with Gasteiger partial charge in [0.1, 0.15) is 0 Å². The van der Waals surface area contributed by atoms with E-state index in [9.17, 15) is 14.4 Å². The maximum atomic E-state index is 12.2. The topological polar surface area (TPSA) is 70.2 Å². The van der Waals surface area contributed by atoms with Gasteiger partial charge < -0.3 is 14.5 Å². The molecule has 1 unspecified atom stereocenters. The maximum Gasteiger partial charge on any atom is 0.309 e. The van der Waals surface area contributed by atoms with E-state index >= 15 is 0 Å². The molecular weight excluding hydrogens is 274 g/mol. The molecule has 0 spiro atoms. The highest BCUT2D eigenvalue weighted by molar-refractivity contribution is 5.79. The number of rotatable bonds is 5. The summed E-state index contributed by atoms with van der Waals surface area (Å²) in [4.78, 5) is 40.1. The van der Waals surface area contributed by atoms with Crippen molar-refractivity contribution in [2.45, 2.75) is 13.8 Å². The lowest BCUT2D eigenvalue weighted by atomic mass is 10.2. The first-order valence-electron chi connectivity index (χ1n) is 7.14. The Morgan fingerprint density at radius 1 is 1.14 bits per heavy atom. The highest BCUT2D eigenvalue weighted by Crippen LogP contribution is 2.05. The maximum absolute atomic E-state index is 12.2. The van der Waals surface area contributed by atoms with Crippen LogP contribution in [0.1, 0.15) is 13.8 Å². The molecule has 0 aliphatic carbocycles. The number of piperazine rings is 1. The molecule has 0 bridgehead atoms. The molecule has 21 heavy (non-hydrogen) atoms. The van der Waals surface area contributed by atoms with Crippen LogP contribution >= 0.6 is 0 Å². The zero-order chi connectivity index (χ0) is 16.0. The highest BCUT2D eigenvalue weighted by atomic mass is 16.5. The quantitative estimate of drug-likeness (QED) is 0.635. The Hall–Kier alpha value is -1.63. The fraction of sp³-hybridized carbons (Fsp3) is 0.786. The minimum atomic E-state index is -0.274. The number of hydrogen-bond donors (Lipinski definition) is 0. The molecule has 0 saturated carbocycles. The van der Waals surface area contributed by atoms with E-state index in [1.54, 1.807) is 23.6 Å². The Labute approximate surface area is 125 Å². The fourth-order valence-corrected chi connectivity index (χ4v) is 2.41. The van der Waals surface area contributed by atoms with Crippen LogP contribution in [0.4, 0.5) is 0 Å². The fourth-order valence-electron chi connectivity index (χ4n) is 2.41. The number of methoxy groups -OCH3 is 1. The van der Waals surface area contributed by atoms with Crippen LogP contribution in [0.5, 0.6) is 0 Å². The molecule has 120 valence electrons. The molecule has 0 aromatic carbocycles. The van der Waals surface area contributed by atoms with Gasteiger partial charge in [-0.2, -0.15) is 0 Å². The first-order valence-corrected chi connectivity index (χ1v) is 7.14. The average Bonchev–Trinajstić information content (AvgIpc) is 2.46. The van der Waals surface area contributed by atoms with Crippen LogP contribution in [-0.4, -0.2) is 85.9 Å². The van der Waals surface area contributed by atoms with Crippen LogP contribution in [0, 0.1) is 5.92 Å². The lowest BCUT2D eigenvalue weighted by molar-refractivity contribution is -0.146. The smallest absolute Gasteiger partial charge is 0.309 e. The van der Waals surface area contributed by atoms with Gasteiger partial charge in [0.15, 0.2) is 0 Å². The molecule has 0 aromatic heterocycles. The molecule has 1 aliphatic heterocycles. The summed E-state index contributed by atoms with van der Waals surface area (Å²) < 4.78 is 4.67. The number of carbonyl (C=O) groups is 3. The van der Waals surface area contributed by atoms with E-state index in [1.165, 1.54) is 7.11 Å². The number of nitrogens with zero attached hydrogens (tertiary/aromatic N) is 3. The van der Waals surface area contributed by atoms with Crippen molar-refractivity contribution in [3.63, 3.8) is 0 Å². The minimum Gasteiger partial charge on any atom is -0.469 e. The second-order valence-corrected chi connectivity index (χ2v) is 5.51. The number of esters is 1. The molecule has 1 atom stereocenters. The van der Waals surface area contributed by atoms with E-state index in [1.807, 2.05) is 11.9 Å². The van der Waals surface area contributed by atoms with Crippen molar-refractivity contribution in [3.8, 4) is 0 Å². The van der Waals surface area contributed by atoms with Gasteiger partial charge in [0.2, 0.25) is 11.8 Å². The van der Waals surface area contributed by atoms with Gasteiger partial charge >= 0.3 is 5.97 Å². The van der Waals surface area contributed by atoms with Gasteiger partial charge in [0, 0.05) is 39.6 Å². The van der Waals surface area contributed by atoms with Crippen molar-refractivity contribution >= 4 is 17.8 Å². The molecule has 1 rings (SSSR count). The van der Waals surface area contributed by atoms with Crippen molar-refractivity contribution in [1.29, 1.82) is 0 Å². The summed E-state index contributed by atoms with van der Waals surface area (Å²) in [5.74, 6) is -0.462. The molecule has 1 heterocycles. The monoisotopic (exact) mass is 299 g/mol. The molecule has 0 aromatic rings. The van der Waals surface area contributed by atoms with Gasteiger partial charge in [0.05, 0.1) is 19.6 Å². The molecule has 1 saturated heterocycles. The average molecular weight is 299 g/mol. The molecule has 1 fully saturated rings. The van der Waals surface area contributed by atoms with E-state index in [0.717, 1.165) is 0 Å². The zero-order valence-corrected chi connectivity index (χ0v) is 13.3. The molecule has 1 aliphatic rings. The summed E-state index contributed by atoms with van der Waals surface area (Å²) >= 11 is 0. The summed E-state index contributed by atoms with van der Waals surface area (Å²) in [7, 11) is 3.17. The largest absolute Gasteiger partial charge is 0.469 e. The van der Waals surface area contributed by atoms with Crippen molar-refractivity contribution in [2.24, 2.45) is 5.92 Å². The summed E-state index contributed by atoms with van der Waals surface area (Å²) in [6, 6.07) is 0. The van der Waals surface area contributed by atoms with Crippen LogP contribution in [0.15, 0.2) is 0 Å². The molecular formula is C14H25N3O4. The summed E-state index contributed by atoms with van der Waals surface area (Å²) in [5, 5.41) is 0. The van der Waals surface area contributed by atoms with E-state index < -0.39 is 0 Å². The van der Waals surface area contributed by atoms with Crippen LogP contribution < -0.4 is 0 Å². The number of likely N-dealkylation sites (N-methyl/N-ethyl adjacent to an activating group) is 1. The number of ether oxygens (including phenoxy) is 1. The second kappa shape index (κ2) is 7.97. The molecule has 0 N–H and O–H groups in total. The number of carbonyl (C=O) groups excluding carboxylic acids is 3. The Morgan fingerprint density at radius 3 is 2.14 bits per heavy atom. The van der Waals surface area contributed by atoms with Crippen LogP contribution in [0.3, 0.4) is 0 Å². The van der Waals surface area contributed by atoms with E-state index in [2.05, 4.69) is 4.74 Å². The van der Waals surface area contributed by atoms with Gasteiger partial charge in [-0.05, 0) is 7.05 Å². The van der Waals surface area contributed by atoms with Crippen LogP contribution in [0.25, 0.3) is 0 Å². The van der Waals surface area contributed by atoms with Gasteiger partial charge in [-0.3, -0.25) is 19.3 Å². The van der Waals surface area contributed by atoms with Gasteiger partial charge in [0.25, 0.3) is 0 Å². The van der Waals surface area contributed by atoms with E-state index in [4.69, 9.17) is 0 Å². The number of hydrogen-bond acceptors (Lipinski definition) is 5. The lowest BCUT2D eigenvalue weighted by Crippen LogP contribution is -2.52. The molecule has 7 nitrogen and oxygen atoms in total. The van der Waals surface area contributed by atoms with Crippen molar-refractivity contribution in [1.82, 2.24) is 14.7 Å². The lowest BCUT2D eigenvalue weighted by Gasteiger charge is -2.35. The standard InChI is InChI=1S/C14H25N3O4/c1-11(14(20)21-4)9-15(3)10-13(19)17-7-5-16(6-8-17)12(2)18/h11H,5-10H2,1-4H3. The minimum absolute atomic E-state index is 0.0257. The third-order valence-electron chi connectivity index (χ3n) is 3.67. The SMILES string of the molecule is COC(=O)C(C)CN(C)CC(=O)N1CCN(C(C)=O)CC1. The van der Waals surface area contributed by atoms with Crippen molar-refractivity contribution in [2.75, 3.05) is 53.4 Å². The Bertz CT molecular complexity index is 392. The predicted octanol–water partition coefficient (Wildman–Crippen LogP) is -0.582. The second-order valence-electron chi connectivity index (χ2n) is 5.51. The third kappa shape index (κ3) is 5.34. The summed E-state index contributed by atoms with van der Waals surface area (Å²) in [6.07, 6.45) is 0. The summed E-state index contributed by atoms with van der Waals surface area (Å²) in [5.41, 5.74) is 0. The molecule has 2 amide bonds. The highest BCUT2D eigenvalue weighted by Gasteiger charge is 2.24. The Balaban J connectivity index is 2.36. The summed E-state index contributed by atoms with van der Waals surface area (Å²) in [6.45, 7) is 6.37. The Kier molecular flexibility index (Phi) is 6.61. The zero-order valence-electron chi connectivity index (χ0n) is 13.3. The van der Waals surface area contributed by atoms with Crippen LogP contribution in [0.2, 0.25) is 0 Å². The van der Waals surface area contributed by atoms with Crippen molar-refractivity contribution < 1.29 is 19.1 Å². The van der Waals surface area contributed by atoms with Crippen molar-refractivity contribution in [3.05, 3.63) is 0 Å². The van der Waals surface area contributed by atoms with Crippen LogP contribution in [-0.2, 0) is 19.1 Å². The van der Waals surface area contributed by atoms with Gasteiger partial charge in [-0.25, -0.2) is 0 Å². The van der Waals surface area contributed by atoms with E-state index in [-0.39, 0.29) is 30.2 Å². The molecule has 7 heteroatoms. The predicted molar refractivity (Wildman–Crippen MR) is 77.5 cm³/mol. The Morgan fingerprint density at radius 2 is 1.67 bits per heavy atom. The van der Waals surface area contributed by atoms with Gasteiger partial charge in [-0.1, -0.05) is 6.92 Å². The first kappa shape index (κ1) is 17.4. The van der Waals surface area contributed by atoms with E-state index in [0.29, 0.717) is 32.7 Å². The van der Waals surface area contributed by atoms with Gasteiger partial charge in [-0.15, -0.1) is 0 Å². The third-order valence-corrected chi connectivity index (χ3v) is 3.67. The number of amides is 2. The normalized spacial score (nSPS) is 16.8. The first-order chi connectivity index (χ1) is 9.85. The molecule has 0 radical (unpaired) electrons.